The fourth-order valence-corrected chi connectivity index (χ4v) is 4.60. The van der Waals surface area contributed by atoms with Crippen molar-refractivity contribution >= 4 is 34.4 Å². The fourth-order valence-electron chi connectivity index (χ4n) is 3.77. The number of nitrogens with zero attached hydrogens (tertiary/aromatic N) is 3. The fraction of sp³-hybridized carbons (Fsp3) is 0.478. The summed E-state index contributed by atoms with van der Waals surface area (Å²) in [4.78, 5) is 33.9. The standard InChI is InChI=1S/C23H28N4O4S/c1-13-6-7-18(32-13)17-12-16(19-14(2)26-31-21(19)25-17)20(28)24-15-8-10-27(11-9-15)22(29)30-23(3,4)5/h6-7,12,15H,8-11H2,1-5H3,(H,24,28). The Morgan fingerprint density at radius 3 is 2.56 bits per heavy atom. The van der Waals surface area contributed by atoms with Crippen molar-refractivity contribution in [3.63, 3.8) is 0 Å². The second kappa shape index (κ2) is 8.54. The zero-order chi connectivity index (χ0) is 23.0. The normalized spacial score (nSPS) is 15.2. The molecule has 1 aliphatic heterocycles. The molecule has 0 unspecified atom stereocenters. The molecule has 1 fully saturated rings. The summed E-state index contributed by atoms with van der Waals surface area (Å²) < 4.78 is 10.8. The number of amides is 2. The number of likely N-dealkylation sites (tertiary alicyclic amines) is 1. The highest BCUT2D eigenvalue weighted by Gasteiger charge is 2.28. The first kappa shape index (κ1) is 22.3. The van der Waals surface area contributed by atoms with Crippen LogP contribution in [0.3, 0.4) is 0 Å². The lowest BCUT2D eigenvalue weighted by molar-refractivity contribution is 0.0199. The maximum absolute atomic E-state index is 13.3. The third-order valence-electron chi connectivity index (χ3n) is 5.34. The van der Waals surface area contributed by atoms with E-state index in [4.69, 9.17) is 9.26 Å². The van der Waals surface area contributed by atoms with Gasteiger partial charge < -0.3 is 19.5 Å². The zero-order valence-corrected chi connectivity index (χ0v) is 19.8. The molecule has 1 N–H and O–H groups in total. The van der Waals surface area contributed by atoms with Crippen molar-refractivity contribution in [1.29, 1.82) is 0 Å². The van der Waals surface area contributed by atoms with E-state index >= 15 is 0 Å². The number of hydrogen-bond acceptors (Lipinski definition) is 7. The Hall–Kier alpha value is -2.94. The Labute approximate surface area is 190 Å². The van der Waals surface area contributed by atoms with Gasteiger partial charge in [-0.3, -0.25) is 4.79 Å². The van der Waals surface area contributed by atoms with Gasteiger partial charge in [0.15, 0.2) is 0 Å². The third kappa shape index (κ3) is 4.77. The Balaban J connectivity index is 1.50. The molecule has 1 aliphatic rings. The first-order valence-corrected chi connectivity index (χ1v) is 11.5. The van der Waals surface area contributed by atoms with Crippen LogP contribution in [0.25, 0.3) is 21.7 Å². The molecule has 0 saturated carbocycles. The van der Waals surface area contributed by atoms with Crippen LogP contribution in [0.15, 0.2) is 22.7 Å². The summed E-state index contributed by atoms with van der Waals surface area (Å²) in [6, 6.07) is 5.79. The molecular formula is C23H28N4O4S. The molecule has 4 heterocycles. The first-order valence-electron chi connectivity index (χ1n) is 10.7. The van der Waals surface area contributed by atoms with Crippen molar-refractivity contribution < 1.29 is 18.8 Å². The minimum Gasteiger partial charge on any atom is -0.444 e. The van der Waals surface area contributed by atoms with Crippen LogP contribution in [-0.2, 0) is 4.74 Å². The largest absolute Gasteiger partial charge is 0.444 e. The number of aromatic nitrogens is 2. The quantitative estimate of drug-likeness (QED) is 0.614. The predicted molar refractivity (Wildman–Crippen MR) is 123 cm³/mol. The van der Waals surface area contributed by atoms with Crippen molar-refractivity contribution in [2.24, 2.45) is 0 Å². The molecule has 2 amide bonds. The Bertz CT molecular complexity index is 1150. The number of fused-ring (bicyclic) bond motifs is 1. The van der Waals surface area contributed by atoms with E-state index in [2.05, 4.69) is 15.5 Å². The molecule has 0 radical (unpaired) electrons. The highest BCUT2D eigenvalue weighted by atomic mass is 32.1. The lowest BCUT2D eigenvalue weighted by Crippen LogP contribution is -2.47. The molecule has 32 heavy (non-hydrogen) atoms. The van der Waals surface area contributed by atoms with Crippen molar-refractivity contribution in [1.82, 2.24) is 20.4 Å². The van der Waals surface area contributed by atoms with Crippen LogP contribution in [0.1, 0.15) is 54.5 Å². The molecule has 170 valence electrons. The summed E-state index contributed by atoms with van der Waals surface area (Å²) in [5.41, 5.74) is 1.66. The van der Waals surface area contributed by atoms with Gasteiger partial charge in [0.1, 0.15) is 5.60 Å². The van der Waals surface area contributed by atoms with Crippen LogP contribution < -0.4 is 5.32 Å². The van der Waals surface area contributed by atoms with Crippen molar-refractivity contribution in [2.75, 3.05) is 13.1 Å². The summed E-state index contributed by atoms with van der Waals surface area (Å²) in [6.45, 7) is 10.5. The molecule has 0 atom stereocenters. The second-order valence-electron chi connectivity index (χ2n) is 9.13. The van der Waals surface area contributed by atoms with E-state index in [-0.39, 0.29) is 18.0 Å². The van der Waals surface area contributed by atoms with Crippen LogP contribution in [0.5, 0.6) is 0 Å². The van der Waals surface area contributed by atoms with Crippen molar-refractivity contribution in [3.05, 3.63) is 34.3 Å². The highest BCUT2D eigenvalue weighted by Crippen LogP contribution is 2.31. The Kier molecular flexibility index (Phi) is 5.94. The molecule has 3 aromatic heterocycles. The maximum Gasteiger partial charge on any atom is 0.410 e. The topological polar surface area (TPSA) is 97.6 Å². The van der Waals surface area contributed by atoms with E-state index in [0.717, 1.165) is 4.88 Å². The number of aryl methyl sites for hydroxylation is 2. The summed E-state index contributed by atoms with van der Waals surface area (Å²) in [6.07, 6.45) is 1.02. The minimum atomic E-state index is -0.524. The van der Waals surface area contributed by atoms with Crippen molar-refractivity contribution in [3.8, 4) is 10.6 Å². The van der Waals surface area contributed by atoms with E-state index in [1.807, 2.05) is 45.9 Å². The number of rotatable bonds is 3. The van der Waals surface area contributed by atoms with Gasteiger partial charge in [-0.2, -0.15) is 0 Å². The summed E-state index contributed by atoms with van der Waals surface area (Å²) >= 11 is 1.61. The van der Waals surface area contributed by atoms with Gasteiger partial charge >= 0.3 is 6.09 Å². The molecule has 0 aromatic carbocycles. The summed E-state index contributed by atoms with van der Waals surface area (Å²) in [5, 5.41) is 7.77. The Morgan fingerprint density at radius 2 is 1.94 bits per heavy atom. The third-order valence-corrected chi connectivity index (χ3v) is 6.36. The number of hydrogen-bond donors (Lipinski definition) is 1. The van der Waals surface area contributed by atoms with Crippen LogP contribution in [0.2, 0.25) is 0 Å². The van der Waals surface area contributed by atoms with Gasteiger partial charge in [-0.25, -0.2) is 9.78 Å². The number of nitrogens with one attached hydrogen (secondary N) is 1. The molecule has 0 aliphatic carbocycles. The first-order chi connectivity index (χ1) is 15.1. The molecule has 8 nitrogen and oxygen atoms in total. The molecule has 0 bridgehead atoms. The number of thiophene rings is 1. The molecule has 3 aromatic rings. The van der Waals surface area contributed by atoms with Gasteiger partial charge in [0.05, 0.1) is 27.2 Å². The van der Waals surface area contributed by atoms with E-state index in [1.54, 1.807) is 23.2 Å². The van der Waals surface area contributed by atoms with Gasteiger partial charge in [-0.1, -0.05) is 5.16 Å². The SMILES string of the molecule is Cc1ccc(-c2cc(C(=O)NC3CCN(C(=O)OC(C)(C)C)CC3)c3c(C)noc3n2)s1. The van der Waals surface area contributed by atoms with Gasteiger partial charge in [-0.15, -0.1) is 11.3 Å². The highest BCUT2D eigenvalue weighted by molar-refractivity contribution is 7.15. The maximum atomic E-state index is 13.3. The number of pyridine rings is 1. The monoisotopic (exact) mass is 456 g/mol. The summed E-state index contributed by atoms with van der Waals surface area (Å²) in [5.74, 6) is -0.186. The van der Waals surface area contributed by atoms with Gasteiger partial charge in [0, 0.05) is 24.0 Å². The van der Waals surface area contributed by atoms with Gasteiger partial charge in [0.2, 0.25) is 0 Å². The van der Waals surface area contributed by atoms with Crippen LogP contribution in [0.4, 0.5) is 4.79 Å². The zero-order valence-electron chi connectivity index (χ0n) is 19.0. The molecule has 9 heteroatoms. The number of carbonyl (C=O) groups is 2. The summed E-state index contributed by atoms with van der Waals surface area (Å²) in [7, 11) is 0. The smallest absolute Gasteiger partial charge is 0.410 e. The Morgan fingerprint density at radius 1 is 1.22 bits per heavy atom. The second-order valence-corrected chi connectivity index (χ2v) is 10.4. The van der Waals surface area contributed by atoms with E-state index < -0.39 is 5.60 Å². The van der Waals surface area contributed by atoms with Gasteiger partial charge in [-0.05, 0) is 65.7 Å². The van der Waals surface area contributed by atoms with E-state index in [9.17, 15) is 9.59 Å². The average Bonchev–Trinajstić information content (AvgIpc) is 3.32. The predicted octanol–water partition coefficient (Wildman–Crippen LogP) is 4.70. The lowest BCUT2D eigenvalue weighted by atomic mass is 10.0. The number of piperidine rings is 1. The van der Waals surface area contributed by atoms with E-state index in [1.165, 1.54) is 4.88 Å². The van der Waals surface area contributed by atoms with Crippen LogP contribution >= 0.6 is 11.3 Å². The molecule has 1 saturated heterocycles. The molecule has 0 spiro atoms. The van der Waals surface area contributed by atoms with E-state index in [0.29, 0.717) is 54.0 Å². The molecule has 4 rings (SSSR count). The van der Waals surface area contributed by atoms with Gasteiger partial charge in [0.25, 0.3) is 11.6 Å². The van der Waals surface area contributed by atoms with Crippen LogP contribution in [0, 0.1) is 13.8 Å². The van der Waals surface area contributed by atoms with Crippen molar-refractivity contribution in [2.45, 2.75) is 59.1 Å². The number of carbonyl (C=O) groups excluding carboxylic acids is 2. The molecular weight excluding hydrogens is 428 g/mol. The van der Waals surface area contributed by atoms with Crippen LogP contribution in [-0.4, -0.2) is 51.8 Å². The number of ether oxygens (including phenoxy) is 1. The lowest BCUT2D eigenvalue weighted by Gasteiger charge is -2.33. The minimum absolute atomic E-state index is 0.0306. The average molecular weight is 457 g/mol.